The van der Waals surface area contributed by atoms with Crippen molar-refractivity contribution in [1.29, 1.82) is 0 Å². The van der Waals surface area contributed by atoms with Gasteiger partial charge < -0.3 is 29.9 Å². The third-order valence-electron chi connectivity index (χ3n) is 2.25. The van der Waals surface area contributed by atoms with Crippen LogP contribution in [0, 0.1) is 0 Å². The first kappa shape index (κ1) is 13.1. The van der Waals surface area contributed by atoms with Crippen LogP contribution in [-0.4, -0.2) is 63.5 Å². The Morgan fingerprint density at radius 2 is 1.88 bits per heavy atom. The van der Waals surface area contributed by atoms with Gasteiger partial charge in [0.15, 0.2) is 12.4 Å². The minimum absolute atomic E-state index is 0.402. The zero-order valence-electron chi connectivity index (χ0n) is 8.39. The maximum Gasteiger partial charge on any atom is 0.201 e. The van der Waals surface area contributed by atoms with Crippen LogP contribution < -0.4 is 0 Å². The Morgan fingerprint density at radius 3 is 2.44 bits per heavy atom. The number of carbonyl (C=O) groups excluding carboxylic acids is 1. The SMILES string of the molecule is C=COCC(=O)[C@H]1OC(O)[C@H](O)[C@@H](O)[C@@H]1O. The second kappa shape index (κ2) is 5.37. The fraction of sp³-hybridized carbons (Fsp3) is 0.667. The molecule has 1 saturated heterocycles. The van der Waals surface area contributed by atoms with E-state index in [2.05, 4.69) is 16.1 Å². The Hall–Kier alpha value is -0.990. The first-order valence-corrected chi connectivity index (χ1v) is 4.62. The summed E-state index contributed by atoms with van der Waals surface area (Å²) in [7, 11) is 0. The largest absolute Gasteiger partial charge is 0.494 e. The number of aliphatic hydroxyl groups is 4. The van der Waals surface area contributed by atoms with Gasteiger partial charge >= 0.3 is 0 Å². The number of carbonyl (C=O) groups is 1. The molecule has 0 aromatic carbocycles. The fourth-order valence-corrected chi connectivity index (χ4v) is 1.35. The van der Waals surface area contributed by atoms with Gasteiger partial charge in [-0.1, -0.05) is 6.58 Å². The van der Waals surface area contributed by atoms with E-state index in [1.165, 1.54) is 0 Å². The lowest BCUT2D eigenvalue weighted by atomic mass is 9.96. The second-order valence-corrected chi connectivity index (χ2v) is 3.36. The van der Waals surface area contributed by atoms with E-state index < -0.39 is 43.1 Å². The van der Waals surface area contributed by atoms with Crippen LogP contribution >= 0.6 is 0 Å². The quantitative estimate of drug-likeness (QED) is 0.398. The van der Waals surface area contributed by atoms with E-state index in [1.54, 1.807) is 0 Å². The minimum atomic E-state index is -1.73. The summed E-state index contributed by atoms with van der Waals surface area (Å²) in [5.41, 5.74) is 0. The van der Waals surface area contributed by atoms with Crippen LogP contribution in [0.5, 0.6) is 0 Å². The van der Waals surface area contributed by atoms with Crippen LogP contribution in [0.25, 0.3) is 0 Å². The van der Waals surface area contributed by atoms with Crippen LogP contribution in [0.3, 0.4) is 0 Å². The van der Waals surface area contributed by atoms with Gasteiger partial charge in [-0.25, -0.2) is 0 Å². The predicted molar refractivity (Wildman–Crippen MR) is 50.1 cm³/mol. The summed E-state index contributed by atoms with van der Waals surface area (Å²) in [5.74, 6) is -0.669. The van der Waals surface area contributed by atoms with E-state index in [9.17, 15) is 15.0 Å². The molecule has 0 aromatic heterocycles. The lowest BCUT2D eigenvalue weighted by Gasteiger charge is -2.37. The number of ketones is 1. The van der Waals surface area contributed by atoms with Crippen molar-refractivity contribution in [1.82, 2.24) is 0 Å². The van der Waals surface area contributed by atoms with E-state index in [4.69, 9.17) is 10.2 Å². The zero-order chi connectivity index (χ0) is 12.3. The highest BCUT2D eigenvalue weighted by Gasteiger charge is 2.45. The van der Waals surface area contributed by atoms with Gasteiger partial charge in [-0.15, -0.1) is 0 Å². The predicted octanol–water partition coefficient (Wildman–Crippen LogP) is -2.48. The van der Waals surface area contributed by atoms with Crippen molar-refractivity contribution in [2.45, 2.75) is 30.7 Å². The van der Waals surface area contributed by atoms with E-state index in [0.717, 1.165) is 6.26 Å². The number of Topliss-reactive ketones (excluding diaryl/α,β-unsaturated/α-hetero) is 1. The summed E-state index contributed by atoms with van der Waals surface area (Å²) in [6, 6.07) is 0. The van der Waals surface area contributed by atoms with Crippen molar-refractivity contribution >= 4 is 5.78 Å². The van der Waals surface area contributed by atoms with E-state index in [-0.39, 0.29) is 0 Å². The molecule has 1 heterocycles. The van der Waals surface area contributed by atoms with Crippen LogP contribution in [0.15, 0.2) is 12.8 Å². The molecule has 0 spiro atoms. The van der Waals surface area contributed by atoms with Gasteiger partial charge in [-0.3, -0.25) is 4.79 Å². The third-order valence-corrected chi connectivity index (χ3v) is 2.25. The highest BCUT2D eigenvalue weighted by Crippen LogP contribution is 2.20. The highest BCUT2D eigenvalue weighted by atomic mass is 16.6. The Balaban J connectivity index is 2.66. The van der Waals surface area contributed by atoms with Gasteiger partial charge in [0.2, 0.25) is 5.78 Å². The average molecular weight is 234 g/mol. The summed E-state index contributed by atoms with van der Waals surface area (Å²) < 4.78 is 9.26. The van der Waals surface area contributed by atoms with Crippen LogP contribution in [0.1, 0.15) is 0 Å². The molecule has 1 fully saturated rings. The molecule has 1 unspecified atom stereocenters. The standard InChI is InChI=1S/C9H14O7/c1-2-15-3-4(10)8-6(12)5(11)7(13)9(14)16-8/h2,5-9,11-14H,1,3H2/t5-,6-,7+,8+,9?/m0/s1. The molecule has 7 heteroatoms. The van der Waals surface area contributed by atoms with Crippen molar-refractivity contribution in [3.05, 3.63) is 12.8 Å². The maximum absolute atomic E-state index is 11.4. The molecule has 0 aliphatic carbocycles. The summed E-state index contributed by atoms with van der Waals surface area (Å²) in [5, 5.41) is 37.1. The van der Waals surface area contributed by atoms with Gasteiger partial charge in [0, 0.05) is 0 Å². The van der Waals surface area contributed by atoms with E-state index in [0.29, 0.717) is 0 Å². The van der Waals surface area contributed by atoms with Gasteiger partial charge in [0.05, 0.1) is 6.26 Å². The summed E-state index contributed by atoms with van der Waals surface area (Å²) >= 11 is 0. The molecule has 7 nitrogen and oxygen atoms in total. The van der Waals surface area contributed by atoms with Crippen LogP contribution in [0.4, 0.5) is 0 Å². The second-order valence-electron chi connectivity index (χ2n) is 3.36. The van der Waals surface area contributed by atoms with Gasteiger partial charge in [0.1, 0.15) is 24.9 Å². The first-order valence-electron chi connectivity index (χ1n) is 4.62. The number of ether oxygens (including phenoxy) is 2. The number of hydrogen-bond acceptors (Lipinski definition) is 7. The van der Waals surface area contributed by atoms with Crippen LogP contribution in [-0.2, 0) is 14.3 Å². The molecule has 0 radical (unpaired) electrons. The molecule has 0 aromatic rings. The van der Waals surface area contributed by atoms with E-state index >= 15 is 0 Å². The summed E-state index contributed by atoms with van der Waals surface area (Å²) in [6.07, 6.45) is -7.04. The molecule has 4 N–H and O–H groups in total. The smallest absolute Gasteiger partial charge is 0.201 e. The molecule has 0 saturated carbocycles. The number of rotatable bonds is 4. The topological polar surface area (TPSA) is 116 Å². The Bertz CT molecular complexity index is 267. The minimum Gasteiger partial charge on any atom is -0.494 e. The number of aliphatic hydroxyl groups excluding tert-OH is 4. The molecule has 92 valence electrons. The van der Waals surface area contributed by atoms with Crippen molar-refractivity contribution in [3.8, 4) is 0 Å². The molecule has 1 rings (SSSR count). The maximum atomic E-state index is 11.4. The van der Waals surface area contributed by atoms with Crippen LogP contribution in [0.2, 0.25) is 0 Å². The van der Waals surface area contributed by atoms with Gasteiger partial charge in [-0.05, 0) is 0 Å². The fourth-order valence-electron chi connectivity index (χ4n) is 1.35. The molecular weight excluding hydrogens is 220 g/mol. The van der Waals surface area contributed by atoms with Crippen molar-refractivity contribution in [2.75, 3.05) is 6.61 Å². The highest BCUT2D eigenvalue weighted by molar-refractivity contribution is 5.85. The van der Waals surface area contributed by atoms with Gasteiger partial charge in [0.25, 0.3) is 0 Å². The Kier molecular flexibility index (Phi) is 4.39. The average Bonchev–Trinajstić information content (AvgIpc) is 2.28. The summed E-state index contributed by atoms with van der Waals surface area (Å²) in [6.45, 7) is 2.82. The lowest BCUT2D eigenvalue weighted by molar-refractivity contribution is -0.275. The zero-order valence-corrected chi connectivity index (χ0v) is 8.39. The van der Waals surface area contributed by atoms with Gasteiger partial charge in [-0.2, -0.15) is 0 Å². The lowest BCUT2D eigenvalue weighted by Crippen LogP contribution is -2.60. The normalized spacial score (nSPS) is 39.1. The Labute approximate surface area is 91.5 Å². The molecule has 0 amide bonds. The van der Waals surface area contributed by atoms with Crippen molar-refractivity contribution < 1.29 is 34.7 Å². The molecule has 1 aliphatic rings. The monoisotopic (exact) mass is 234 g/mol. The third kappa shape index (κ3) is 2.57. The van der Waals surface area contributed by atoms with Crippen molar-refractivity contribution in [3.63, 3.8) is 0 Å². The molecule has 1 aliphatic heterocycles. The van der Waals surface area contributed by atoms with Crippen molar-refractivity contribution in [2.24, 2.45) is 0 Å². The molecule has 16 heavy (non-hydrogen) atoms. The van der Waals surface area contributed by atoms with E-state index in [1.807, 2.05) is 0 Å². The molecule has 0 bridgehead atoms. The number of hydrogen-bond donors (Lipinski definition) is 4. The first-order chi connectivity index (χ1) is 7.49. The Morgan fingerprint density at radius 1 is 1.25 bits per heavy atom. The summed E-state index contributed by atoms with van der Waals surface area (Å²) in [4.78, 5) is 11.4. The molecular formula is C9H14O7. The molecule has 5 atom stereocenters.